The first-order chi connectivity index (χ1) is 12.7. The molecule has 1 aromatic heterocycles. The molecule has 0 bridgehead atoms. The summed E-state index contributed by atoms with van der Waals surface area (Å²) in [6.07, 6.45) is 0. The molecule has 1 heterocycles. The second-order valence-electron chi connectivity index (χ2n) is 6.29. The molecule has 142 valence electrons. The quantitative estimate of drug-likeness (QED) is 0.579. The number of para-hydroxylation sites is 1. The van der Waals surface area contributed by atoms with Crippen molar-refractivity contribution < 1.29 is 23.2 Å². The van der Waals surface area contributed by atoms with Crippen LogP contribution in [0.15, 0.2) is 45.8 Å². The van der Waals surface area contributed by atoms with Crippen molar-refractivity contribution in [3.8, 4) is 22.6 Å². The van der Waals surface area contributed by atoms with Gasteiger partial charge in [0.15, 0.2) is 11.5 Å². The third-order valence-electron chi connectivity index (χ3n) is 4.35. The Kier molecular flexibility index (Phi) is 4.95. The maximum absolute atomic E-state index is 12.8. The predicted octanol–water partition coefficient (Wildman–Crippen LogP) is 3.16. The van der Waals surface area contributed by atoms with Crippen LogP contribution in [0.3, 0.4) is 0 Å². The number of aromatic hydroxyl groups is 2. The monoisotopic (exact) mass is 388 g/mol. The number of rotatable bonds is 5. The summed E-state index contributed by atoms with van der Waals surface area (Å²) < 4.78 is 33.3. The topological polar surface area (TPSA) is 113 Å². The summed E-state index contributed by atoms with van der Waals surface area (Å²) in [5.41, 5.74) is 2.99. The third-order valence-corrected chi connectivity index (χ3v) is 5.89. The summed E-state index contributed by atoms with van der Waals surface area (Å²) in [6.45, 7) is 5.12. The number of benzene rings is 2. The molecule has 3 N–H and O–H groups in total. The van der Waals surface area contributed by atoms with E-state index < -0.39 is 10.0 Å². The molecule has 2 aromatic carbocycles. The van der Waals surface area contributed by atoms with E-state index in [2.05, 4.69) is 9.88 Å². The second kappa shape index (κ2) is 7.05. The fourth-order valence-electron chi connectivity index (χ4n) is 2.91. The van der Waals surface area contributed by atoms with Gasteiger partial charge in [0.1, 0.15) is 5.76 Å². The molecular formula is C19H20N2O5S. The van der Waals surface area contributed by atoms with Gasteiger partial charge in [-0.25, -0.2) is 13.1 Å². The molecule has 0 aliphatic carbocycles. The van der Waals surface area contributed by atoms with E-state index in [1.165, 1.54) is 18.2 Å². The van der Waals surface area contributed by atoms with Crippen LogP contribution in [0.5, 0.6) is 11.5 Å². The van der Waals surface area contributed by atoms with E-state index in [-0.39, 0.29) is 28.5 Å². The Bertz CT molecular complexity index is 1080. The predicted molar refractivity (Wildman–Crippen MR) is 99.9 cm³/mol. The first-order valence-corrected chi connectivity index (χ1v) is 9.72. The van der Waals surface area contributed by atoms with E-state index in [9.17, 15) is 18.6 Å². The number of phenolic OH excluding ortho intramolecular Hbond substituents is 2. The summed E-state index contributed by atoms with van der Waals surface area (Å²) in [5.74, 6) is -0.0398. The van der Waals surface area contributed by atoms with Crippen molar-refractivity contribution in [2.24, 2.45) is 0 Å². The number of nitrogens with one attached hydrogen (secondary N) is 1. The van der Waals surface area contributed by atoms with Crippen LogP contribution in [0, 0.1) is 20.8 Å². The largest absolute Gasteiger partial charge is 0.504 e. The van der Waals surface area contributed by atoms with Crippen LogP contribution in [-0.4, -0.2) is 23.8 Å². The van der Waals surface area contributed by atoms with Crippen LogP contribution in [0.4, 0.5) is 0 Å². The highest BCUT2D eigenvalue weighted by Crippen LogP contribution is 2.31. The van der Waals surface area contributed by atoms with Gasteiger partial charge in [0.05, 0.1) is 10.6 Å². The lowest BCUT2D eigenvalue weighted by Gasteiger charge is -2.12. The first kappa shape index (κ1) is 18.9. The normalized spacial score (nSPS) is 11.7. The summed E-state index contributed by atoms with van der Waals surface area (Å²) >= 11 is 0. The number of hydrogen-bond acceptors (Lipinski definition) is 6. The van der Waals surface area contributed by atoms with Crippen molar-refractivity contribution in [2.75, 3.05) is 0 Å². The van der Waals surface area contributed by atoms with E-state index in [4.69, 9.17) is 4.52 Å². The third kappa shape index (κ3) is 3.67. The molecule has 7 nitrogen and oxygen atoms in total. The second-order valence-corrected chi connectivity index (χ2v) is 8.02. The van der Waals surface area contributed by atoms with Gasteiger partial charge >= 0.3 is 0 Å². The van der Waals surface area contributed by atoms with Gasteiger partial charge < -0.3 is 14.7 Å². The Morgan fingerprint density at radius 1 is 1.11 bits per heavy atom. The zero-order chi connectivity index (χ0) is 19.8. The van der Waals surface area contributed by atoms with E-state index in [1.807, 2.05) is 6.07 Å². The molecule has 3 aromatic rings. The Morgan fingerprint density at radius 3 is 2.52 bits per heavy atom. The number of sulfonamides is 1. The number of aromatic nitrogens is 1. The molecule has 0 aliphatic rings. The van der Waals surface area contributed by atoms with Gasteiger partial charge in [-0.3, -0.25) is 0 Å². The molecule has 0 aliphatic heterocycles. The van der Waals surface area contributed by atoms with Crippen molar-refractivity contribution in [2.45, 2.75) is 32.2 Å². The number of aryl methyl sites for hydroxylation is 3. The van der Waals surface area contributed by atoms with Gasteiger partial charge in [-0.05, 0) is 44.0 Å². The lowest BCUT2D eigenvalue weighted by molar-refractivity contribution is 0.393. The van der Waals surface area contributed by atoms with Gasteiger partial charge in [-0.2, -0.15) is 0 Å². The van der Waals surface area contributed by atoms with Crippen LogP contribution in [0.2, 0.25) is 0 Å². The number of nitrogens with zero attached hydrogens (tertiary/aromatic N) is 1. The highest BCUT2D eigenvalue weighted by molar-refractivity contribution is 7.89. The fourth-order valence-corrected chi connectivity index (χ4v) is 4.19. The molecule has 3 rings (SSSR count). The van der Waals surface area contributed by atoms with Gasteiger partial charge in [0, 0.05) is 17.7 Å². The average molecular weight is 388 g/mol. The van der Waals surface area contributed by atoms with Crippen LogP contribution in [0.25, 0.3) is 11.1 Å². The lowest BCUT2D eigenvalue weighted by atomic mass is 10.0. The molecule has 27 heavy (non-hydrogen) atoms. The Morgan fingerprint density at radius 2 is 1.85 bits per heavy atom. The van der Waals surface area contributed by atoms with Crippen LogP contribution in [-0.2, 0) is 16.6 Å². The zero-order valence-corrected chi connectivity index (χ0v) is 16.0. The minimum atomic E-state index is -3.85. The fraction of sp³-hybridized carbons (Fsp3) is 0.211. The van der Waals surface area contributed by atoms with E-state index in [0.717, 1.165) is 5.56 Å². The summed E-state index contributed by atoms with van der Waals surface area (Å²) in [6, 6.07) is 9.51. The molecule has 0 unspecified atom stereocenters. The van der Waals surface area contributed by atoms with E-state index in [1.54, 1.807) is 32.9 Å². The highest BCUT2D eigenvalue weighted by atomic mass is 32.2. The zero-order valence-electron chi connectivity index (χ0n) is 15.1. The lowest BCUT2D eigenvalue weighted by Crippen LogP contribution is -2.24. The molecule has 0 atom stereocenters. The molecule has 8 heteroatoms. The van der Waals surface area contributed by atoms with Gasteiger partial charge in [-0.1, -0.05) is 29.4 Å². The molecule has 0 amide bonds. The molecule has 0 fully saturated rings. The van der Waals surface area contributed by atoms with Gasteiger partial charge in [-0.15, -0.1) is 0 Å². The van der Waals surface area contributed by atoms with Crippen molar-refractivity contribution in [3.63, 3.8) is 0 Å². The van der Waals surface area contributed by atoms with Crippen molar-refractivity contribution in [3.05, 3.63) is 59.0 Å². The maximum atomic E-state index is 12.8. The molecule has 0 saturated carbocycles. The van der Waals surface area contributed by atoms with Gasteiger partial charge in [0.2, 0.25) is 10.0 Å². The van der Waals surface area contributed by atoms with Crippen LogP contribution in [0.1, 0.15) is 22.6 Å². The maximum Gasteiger partial charge on any atom is 0.241 e. The Labute approximate surface area is 157 Å². The summed E-state index contributed by atoms with van der Waals surface area (Å²) in [7, 11) is -3.85. The standard InChI is InChI=1S/C19H20N2O5S/c1-11-7-8-14(18-12(2)21-26-13(18)3)9-17(11)27(24,25)20-10-15-5-4-6-16(22)19(15)23/h4-9,20,22-23H,10H2,1-3H3. The molecule has 0 spiro atoms. The SMILES string of the molecule is Cc1ccc(-c2c(C)noc2C)cc1S(=O)(=O)NCc1cccc(O)c1O. The van der Waals surface area contributed by atoms with Crippen molar-refractivity contribution in [1.29, 1.82) is 0 Å². The number of phenols is 2. The smallest absolute Gasteiger partial charge is 0.241 e. The van der Waals surface area contributed by atoms with Crippen molar-refractivity contribution >= 4 is 10.0 Å². The van der Waals surface area contributed by atoms with Crippen LogP contribution >= 0.6 is 0 Å². The Balaban J connectivity index is 1.95. The van der Waals surface area contributed by atoms with Gasteiger partial charge in [0.25, 0.3) is 0 Å². The summed E-state index contributed by atoms with van der Waals surface area (Å²) in [4.78, 5) is 0.125. The number of hydrogen-bond donors (Lipinski definition) is 3. The average Bonchev–Trinajstić information content (AvgIpc) is 2.95. The minimum absolute atomic E-state index is 0.125. The molecular weight excluding hydrogens is 368 g/mol. The highest BCUT2D eigenvalue weighted by Gasteiger charge is 2.20. The molecule has 0 saturated heterocycles. The molecule has 0 radical (unpaired) electrons. The van der Waals surface area contributed by atoms with E-state index in [0.29, 0.717) is 22.6 Å². The summed E-state index contributed by atoms with van der Waals surface area (Å²) in [5, 5.41) is 23.3. The van der Waals surface area contributed by atoms with Crippen molar-refractivity contribution in [1.82, 2.24) is 9.88 Å². The first-order valence-electron chi connectivity index (χ1n) is 8.24. The van der Waals surface area contributed by atoms with E-state index >= 15 is 0 Å². The van der Waals surface area contributed by atoms with Crippen LogP contribution < -0.4 is 4.72 Å². The minimum Gasteiger partial charge on any atom is -0.504 e. The Hall–Kier alpha value is -2.84.